The van der Waals surface area contributed by atoms with Gasteiger partial charge < -0.3 is 9.67 Å². The molecule has 0 radical (unpaired) electrons. The zero-order chi connectivity index (χ0) is 23.8. The number of rotatable bonds is 5. The molecule has 8 nitrogen and oxygen atoms in total. The first-order chi connectivity index (χ1) is 16.4. The first-order valence-electron chi connectivity index (χ1n) is 11.2. The van der Waals surface area contributed by atoms with Gasteiger partial charge in [-0.2, -0.15) is 0 Å². The fraction of sp³-hybridized carbons (Fsp3) is 0.231. The molecule has 4 amide bonds. The number of nitrogens with zero attached hydrogens (tertiary/aromatic N) is 2. The number of carboxylic acid groups (broad SMARTS) is 1. The second kappa shape index (κ2) is 8.62. The molecule has 3 aromatic rings. The fourth-order valence-electron chi connectivity index (χ4n) is 4.84. The molecule has 8 heteroatoms. The van der Waals surface area contributed by atoms with Crippen molar-refractivity contribution in [3.05, 3.63) is 77.0 Å². The van der Waals surface area contributed by atoms with Gasteiger partial charge in [-0.1, -0.05) is 43.2 Å². The summed E-state index contributed by atoms with van der Waals surface area (Å²) in [5, 5.41) is 12.4. The summed E-state index contributed by atoms with van der Waals surface area (Å²) in [7, 11) is 0. The van der Waals surface area contributed by atoms with Gasteiger partial charge >= 0.3 is 12.0 Å². The molecule has 34 heavy (non-hydrogen) atoms. The van der Waals surface area contributed by atoms with Gasteiger partial charge in [-0.3, -0.25) is 19.8 Å². The van der Waals surface area contributed by atoms with Crippen molar-refractivity contribution in [2.45, 2.75) is 38.3 Å². The molecule has 2 aliphatic rings. The van der Waals surface area contributed by atoms with Crippen molar-refractivity contribution >= 4 is 40.8 Å². The second-order valence-electron chi connectivity index (χ2n) is 8.67. The molecule has 0 bridgehead atoms. The number of imide groups is 2. The lowest BCUT2D eigenvalue weighted by Gasteiger charge is -2.31. The van der Waals surface area contributed by atoms with Crippen molar-refractivity contribution < 1.29 is 24.3 Å². The van der Waals surface area contributed by atoms with Crippen LogP contribution in [0, 0.1) is 0 Å². The molecular weight excluding hydrogens is 434 g/mol. The average molecular weight is 457 g/mol. The van der Waals surface area contributed by atoms with E-state index in [0.29, 0.717) is 12.1 Å². The molecule has 1 aliphatic carbocycles. The lowest BCUT2D eigenvalue weighted by atomic mass is 10.0. The molecule has 2 fully saturated rings. The number of nitrogens with one attached hydrogen (secondary N) is 1. The molecule has 1 aliphatic heterocycles. The summed E-state index contributed by atoms with van der Waals surface area (Å²) in [4.78, 5) is 50.7. The van der Waals surface area contributed by atoms with Crippen LogP contribution >= 0.6 is 0 Å². The first kappa shape index (κ1) is 21.6. The highest BCUT2D eigenvalue weighted by Gasteiger charge is 2.40. The van der Waals surface area contributed by atoms with E-state index < -0.39 is 23.8 Å². The van der Waals surface area contributed by atoms with E-state index in [4.69, 9.17) is 0 Å². The van der Waals surface area contributed by atoms with Gasteiger partial charge in [0, 0.05) is 35.2 Å². The Morgan fingerprint density at radius 2 is 1.82 bits per heavy atom. The minimum Gasteiger partial charge on any atom is -0.478 e. The lowest BCUT2D eigenvalue weighted by Crippen LogP contribution is -2.57. The Labute approximate surface area is 195 Å². The van der Waals surface area contributed by atoms with Crippen molar-refractivity contribution in [1.29, 1.82) is 0 Å². The van der Waals surface area contributed by atoms with Gasteiger partial charge in [0.05, 0.1) is 5.56 Å². The van der Waals surface area contributed by atoms with Gasteiger partial charge in [-0.25, -0.2) is 9.59 Å². The highest BCUT2D eigenvalue weighted by atomic mass is 16.4. The Morgan fingerprint density at radius 1 is 1.06 bits per heavy atom. The summed E-state index contributed by atoms with van der Waals surface area (Å²) in [6.07, 6.45) is 6.77. The minimum atomic E-state index is -0.993. The number of amides is 4. The summed E-state index contributed by atoms with van der Waals surface area (Å²) in [6.45, 7) is 0.414. The maximum Gasteiger partial charge on any atom is 0.335 e. The predicted octanol–water partition coefficient (Wildman–Crippen LogP) is 3.79. The maximum atomic E-state index is 13.2. The lowest BCUT2D eigenvalue weighted by molar-refractivity contribution is -0.131. The number of barbiturate groups is 1. The molecule has 0 unspecified atom stereocenters. The van der Waals surface area contributed by atoms with E-state index in [-0.39, 0.29) is 17.2 Å². The average Bonchev–Trinajstić information content (AvgIpc) is 3.46. The summed E-state index contributed by atoms with van der Waals surface area (Å²) in [5.41, 5.74) is 2.50. The van der Waals surface area contributed by atoms with Gasteiger partial charge in [-0.15, -0.1) is 0 Å². The van der Waals surface area contributed by atoms with Crippen LogP contribution in [-0.4, -0.2) is 44.4 Å². The van der Waals surface area contributed by atoms with Crippen molar-refractivity contribution in [2.75, 3.05) is 0 Å². The van der Waals surface area contributed by atoms with Crippen LogP contribution in [0.15, 0.2) is 60.3 Å². The van der Waals surface area contributed by atoms with E-state index in [1.807, 2.05) is 41.1 Å². The summed E-state index contributed by atoms with van der Waals surface area (Å²) in [5.74, 6) is -2.25. The Hall–Kier alpha value is -4.20. The molecule has 2 heterocycles. The van der Waals surface area contributed by atoms with Crippen molar-refractivity contribution in [2.24, 2.45) is 0 Å². The van der Waals surface area contributed by atoms with Gasteiger partial charge in [0.15, 0.2) is 0 Å². The Bertz CT molecular complexity index is 1360. The van der Waals surface area contributed by atoms with Crippen molar-refractivity contribution in [3.8, 4) is 0 Å². The number of carbonyl (C=O) groups is 4. The number of carboxylic acids is 1. The smallest absolute Gasteiger partial charge is 0.335 e. The molecule has 172 valence electrons. The number of hydrogen-bond donors (Lipinski definition) is 2. The van der Waals surface area contributed by atoms with Crippen LogP contribution in [0.2, 0.25) is 0 Å². The van der Waals surface area contributed by atoms with E-state index in [1.165, 1.54) is 4.90 Å². The number of aromatic carboxylic acids is 1. The monoisotopic (exact) mass is 457 g/mol. The van der Waals surface area contributed by atoms with E-state index in [2.05, 4.69) is 5.32 Å². The van der Waals surface area contributed by atoms with Crippen LogP contribution in [0.1, 0.15) is 47.2 Å². The van der Waals surface area contributed by atoms with Crippen molar-refractivity contribution in [1.82, 2.24) is 14.8 Å². The Balaban J connectivity index is 1.53. The molecular formula is C26H23N3O5. The number of hydrogen-bond acceptors (Lipinski definition) is 4. The normalized spacial score (nSPS) is 18.2. The van der Waals surface area contributed by atoms with Gasteiger partial charge in [-0.05, 0) is 42.7 Å². The molecule has 5 rings (SSSR count). The molecule has 0 spiro atoms. The van der Waals surface area contributed by atoms with E-state index >= 15 is 0 Å². The van der Waals surface area contributed by atoms with Gasteiger partial charge in [0.2, 0.25) is 0 Å². The SMILES string of the molecule is O=C1NC(=O)N(C2CCCC2)C(=O)/C1=C/c1cn(Cc2cccc(C(=O)O)c2)c2ccccc12. The number of carbonyl (C=O) groups excluding carboxylic acids is 3. The third-order valence-corrected chi connectivity index (χ3v) is 6.47. The van der Waals surface area contributed by atoms with Crippen LogP contribution in [0.25, 0.3) is 17.0 Å². The Kier molecular flexibility index (Phi) is 5.49. The van der Waals surface area contributed by atoms with Crippen molar-refractivity contribution in [3.63, 3.8) is 0 Å². The highest BCUT2D eigenvalue weighted by molar-refractivity contribution is 6.31. The fourth-order valence-corrected chi connectivity index (χ4v) is 4.84. The van der Waals surface area contributed by atoms with Crippen LogP contribution in [0.3, 0.4) is 0 Å². The topological polar surface area (TPSA) is 109 Å². The number of para-hydroxylation sites is 1. The minimum absolute atomic E-state index is 0.0673. The van der Waals surface area contributed by atoms with Crippen LogP contribution in [-0.2, 0) is 16.1 Å². The first-order valence-corrected chi connectivity index (χ1v) is 11.2. The third-order valence-electron chi connectivity index (χ3n) is 6.47. The molecule has 2 aromatic carbocycles. The van der Waals surface area contributed by atoms with E-state index in [0.717, 1.165) is 42.1 Å². The van der Waals surface area contributed by atoms with Crippen LogP contribution in [0.4, 0.5) is 4.79 Å². The quantitative estimate of drug-likeness (QED) is 0.448. The Morgan fingerprint density at radius 3 is 2.59 bits per heavy atom. The number of fused-ring (bicyclic) bond motifs is 1. The highest BCUT2D eigenvalue weighted by Crippen LogP contribution is 2.29. The summed E-state index contributed by atoms with van der Waals surface area (Å²) < 4.78 is 1.95. The van der Waals surface area contributed by atoms with E-state index in [9.17, 15) is 24.3 Å². The largest absolute Gasteiger partial charge is 0.478 e. The van der Waals surface area contributed by atoms with E-state index in [1.54, 1.807) is 24.3 Å². The molecule has 1 saturated heterocycles. The zero-order valence-corrected chi connectivity index (χ0v) is 18.4. The second-order valence-corrected chi connectivity index (χ2v) is 8.67. The molecule has 1 saturated carbocycles. The zero-order valence-electron chi connectivity index (χ0n) is 18.4. The van der Waals surface area contributed by atoms with Gasteiger partial charge in [0.25, 0.3) is 11.8 Å². The predicted molar refractivity (Wildman–Crippen MR) is 125 cm³/mol. The number of aromatic nitrogens is 1. The molecule has 1 aromatic heterocycles. The summed E-state index contributed by atoms with van der Waals surface area (Å²) >= 11 is 0. The molecule has 2 N–H and O–H groups in total. The summed E-state index contributed by atoms with van der Waals surface area (Å²) in [6, 6.07) is 13.5. The standard InChI is InChI=1S/C26H23N3O5/c30-23-21(24(31)29(26(34)27-23)19-8-1-2-9-19)13-18-15-28(22-11-4-3-10-20(18)22)14-16-6-5-7-17(12-16)25(32)33/h3-7,10-13,15,19H,1-2,8-9,14H2,(H,32,33)(H,27,30,34)/b21-13+. The number of benzene rings is 2. The number of urea groups is 1. The third kappa shape index (κ3) is 3.87. The van der Waals surface area contributed by atoms with Crippen LogP contribution < -0.4 is 5.32 Å². The maximum absolute atomic E-state index is 13.2. The van der Waals surface area contributed by atoms with Gasteiger partial charge in [0.1, 0.15) is 5.57 Å². The van der Waals surface area contributed by atoms with Crippen LogP contribution in [0.5, 0.6) is 0 Å². The molecule has 0 atom stereocenters.